The molecule has 1 heterocycles. The Kier molecular flexibility index (Phi) is 4.47. The first-order chi connectivity index (χ1) is 8.98. The average Bonchev–Trinajstić information content (AvgIpc) is 2.36. The van der Waals surface area contributed by atoms with Crippen LogP contribution in [0.2, 0.25) is 0 Å². The van der Waals surface area contributed by atoms with Gasteiger partial charge >= 0.3 is 6.18 Å². The Morgan fingerprint density at radius 1 is 1.26 bits per heavy atom. The van der Waals surface area contributed by atoms with Gasteiger partial charge in [-0.1, -0.05) is 31.2 Å². The molecule has 1 aromatic carbocycles. The molecule has 1 aromatic rings. The van der Waals surface area contributed by atoms with E-state index >= 15 is 0 Å². The Hall–Kier alpha value is -1.07. The number of benzene rings is 1. The van der Waals surface area contributed by atoms with Crippen molar-refractivity contribution in [2.45, 2.75) is 32.1 Å². The smallest absolute Gasteiger partial charge is 0.308 e. The van der Waals surface area contributed by atoms with Gasteiger partial charge in [-0.3, -0.25) is 4.90 Å². The summed E-state index contributed by atoms with van der Waals surface area (Å²) in [6.07, 6.45) is -3.33. The summed E-state index contributed by atoms with van der Waals surface area (Å²) >= 11 is 0. The van der Waals surface area contributed by atoms with E-state index in [2.05, 4.69) is 17.4 Å². The highest BCUT2D eigenvalue weighted by molar-refractivity contribution is 5.29. The van der Waals surface area contributed by atoms with Crippen molar-refractivity contribution >= 4 is 0 Å². The Morgan fingerprint density at radius 3 is 2.58 bits per heavy atom. The first-order valence-corrected chi connectivity index (χ1v) is 6.57. The molecule has 1 aliphatic heterocycles. The normalized spacial score (nSPS) is 19.5. The predicted molar refractivity (Wildman–Crippen MR) is 68.9 cm³/mol. The predicted octanol–water partition coefficient (Wildman–Crippen LogP) is 2.59. The second-order valence-corrected chi connectivity index (χ2v) is 4.99. The Labute approximate surface area is 111 Å². The van der Waals surface area contributed by atoms with Crippen LogP contribution in [0.15, 0.2) is 24.3 Å². The maximum Gasteiger partial charge on any atom is 0.401 e. The maximum atomic E-state index is 12.4. The van der Waals surface area contributed by atoms with Crippen LogP contribution in [-0.4, -0.2) is 36.8 Å². The van der Waals surface area contributed by atoms with Crippen LogP contribution in [0.25, 0.3) is 0 Å². The van der Waals surface area contributed by atoms with Crippen LogP contribution < -0.4 is 5.32 Å². The van der Waals surface area contributed by atoms with Gasteiger partial charge in [-0.15, -0.1) is 0 Å². The van der Waals surface area contributed by atoms with Crippen molar-refractivity contribution in [2.75, 3.05) is 19.6 Å². The van der Waals surface area contributed by atoms with Crippen molar-refractivity contribution in [3.8, 4) is 0 Å². The monoisotopic (exact) mass is 272 g/mol. The van der Waals surface area contributed by atoms with Gasteiger partial charge in [0.2, 0.25) is 0 Å². The molecule has 1 N–H and O–H groups in total. The SMILES string of the molecule is CCN(CC1Cc2ccccc2CN1)CC(F)(F)F. The number of halogens is 3. The van der Waals surface area contributed by atoms with Crippen LogP contribution in [0, 0.1) is 0 Å². The first kappa shape index (κ1) is 14.3. The van der Waals surface area contributed by atoms with E-state index in [0.717, 1.165) is 13.0 Å². The summed E-state index contributed by atoms with van der Waals surface area (Å²) in [5, 5.41) is 3.32. The van der Waals surface area contributed by atoms with Crippen LogP contribution in [0.4, 0.5) is 13.2 Å². The lowest BCUT2D eigenvalue weighted by molar-refractivity contribution is -0.146. The molecule has 1 aliphatic rings. The van der Waals surface area contributed by atoms with E-state index in [1.165, 1.54) is 16.0 Å². The lowest BCUT2D eigenvalue weighted by atomic mass is 9.95. The van der Waals surface area contributed by atoms with Crippen LogP contribution in [0.1, 0.15) is 18.1 Å². The van der Waals surface area contributed by atoms with Crippen LogP contribution >= 0.6 is 0 Å². The number of nitrogens with one attached hydrogen (secondary N) is 1. The highest BCUT2D eigenvalue weighted by atomic mass is 19.4. The molecular formula is C14H19F3N2. The fourth-order valence-corrected chi connectivity index (χ4v) is 2.52. The van der Waals surface area contributed by atoms with Gasteiger partial charge in [0.1, 0.15) is 0 Å². The number of nitrogens with zero attached hydrogens (tertiary/aromatic N) is 1. The maximum absolute atomic E-state index is 12.4. The fourth-order valence-electron chi connectivity index (χ4n) is 2.52. The average molecular weight is 272 g/mol. The van der Waals surface area contributed by atoms with Gasteiger partial charge in [-0.2, -0.15) is 13.2 Å². The van der Waals surface area contributed by atoms with Gasteiger partial charge in [0.05, 0.1) is 6.54 Å². The molecule has 0 amide bonds. The quantitative estimate of drug-likeness (QED) is 0.906. The van der Waals surface area contributed by atoms with Crippen molar-refractivity contribution < 1.29 is 13.2 Å². The molecule has 0 aromatic heterocycles. The van der Waals surface area contributed by atoms with Crippen molar-refractivity contribution in [3.05, 3.63) is 35.4 Å². The van der Waals surface area contributed by atoms with Crippen molar-refractivity contribution in [1.29, 1.82) is 0 Å². The highest BCUT2D eigenvalue weighted by Crippen LogP contribution is 2.19. The molecule has 19 heavy (non-hydrogen) atoms. The van der Waals surface area contributed by atoms with Gasteiger partial charge in [-0.25, -0.2) is 0 Å². The number of fused-ring (bicyclic) bond motifs is 1. The molecule has 2 nitrogen and oxygen atoms in total. The summed E-state index contributed by atoms with van der Waals surface area (Å²) in [5.74, 6) is 0. The summed E-state index contributed by atoms with van der Waals surface area (Å²) in [7, 11) is 0. The Morgan fingerprint density at radius 2 is 1.95 bits per heavy atom. The van der Waals surface area contributed by atoms with Crippen LogP contribution in [0.3, 0.4) is 0 Å². The van der Waals surface area contributed by atoms with Crippen molar-refractivity contribution in [1.82, 2.24) is 10.2 Å². The summed E-state index contributed by atoms with van der Waals surface area (Å²) in [4.78, 5) is 1.45. The molecule has 0 spiro atoms. The molecule has 1 atom stereocenters. The summed E-state index contributed by atoms with van der Waals surface area (Å²) < 4.78 is 37.3. The molecule has 0 radical (unpaired) electrons. The van der Waals surface area contributed by atoms with E-state index < -0.39 is 12.7 Å². The minimum absolute atomic E-state index is 0.0946. The van der Waals surface area contributed by atoms with Gasteiger partial charge in [0.15, 0.2) is 0 Å². The lowest BCUT2D eigenvalue weighted by Gasteiger charge is -2.31. The zero-order chi connectivity index (χ0) is 13.9. The minimum atomic E-state index is -4.12. The topological polar surface area (TPSA) is 15.3 Å². The molecule has 5 heteroatoms. The van der Waals surface area contributed by atoms with Gasteiger partial charge in [0, 0.05) is 19.1 Å². The third-order valence-corrected chi connectivity index (χ3v) is 3.49. The zero-order valence-electron chi connectivity index (χ0n) is 11.0. The number of rotatable bonds is 4. The van der Waals surface area contributed by atoms with Crippen molar-refractivity contribution in [2.24, 2.45) is 0 Å². The first-order valence-electron chi connectivity index (χ1n) is 6.57. The third kappa shape index (κ3) is 4.21. The fraction of sp³-hybridized carbons (Fsp3) is 0.571. The summed E-state index contributed by atoms with van der Waals surface area (Å²) in [6.45, 7) is 2.53. The van der Waals surface area contributed by atoms with E-state index in [9.17, 15) is 13.2 Å². The van der Waals surface area contributed by atoms with E-state index in [4.69, 9.17) is 0 Å². The second kappa shape index (κ2) is 5.92. The Bertz CT molecular complexity index is 417. The number of likely N-dealkylation sites (N-methyl/N-ethyl adjacent to an activating group) is 1. The molecule has 0 saturated heterocycles. The Balaban J connectivity index is 1.94. The molecule has 2 rings (SSSR count). The molecule has 1 unspecified atom stereocenters. The highest BCUT2D eigenvalue weighted by Gasteiger charge is 2.31. The number of hydrogen-bond acceptors (Lipinski definition) is 2. The second-order valence-electron chi connectivity index (χ2n) is 4.99. The van der Waals surface area contributed by atoms with Gasteiger partial charge in [0.25, 0.3) is 0 Å². The third-order valence-electron chi connectivity index (χ3n) is 3.49. The van der Waals surface area contributed by atoms with Gasteiger partial charge < -0.3 is 5.32 Å². The van der Waals surface area contributed by atoms with Crippen LogP contribution in [-0.2, 0) is 13.0 Å². The van der Waals surface area contributed by atoms with Crippen molar-refractivity contribution in [3.63, 3.8) is 0 Å². The van der Waals surface area contributed by atoms with E-state index in [-0.39, 0.29) is 6.04 Å². The number of alkyl halides is 3. The summed E-state index contributed by atoms with van der Waals surface area (Å²) in [6, 6.07) is 8.18. The minimum Gasteiger partial charge on any atom is -0.308 e. The molecule has 106 valence electrons. The molecular weight excluding hydrogens is 253 g/mol. The zero-order valence-corrected chi connectivity index (χ0v) is 11.0. The molecule has 0 aliphatic carbocycles. The standard InChI is InChI=1S/C14H19F3N2/c1-2-19(10-14(15,16)17)9-13-7-11-5-3-4-6-12(11)8-18-13/h3-6,13,18H,2,7-10H2,1H3. The summed E-state index contributed by atoms with van der Waals surface area (Å²) in [5.41, 5.74) is 2.49. The number of hydrogen-bond donors (Lipinski definition) is 1. The van der Waals surface area contributed by atoms with Gasteiger partial charge in [-0.05, 0) is 24.1 Å². The van der Waals surface area contributed by atoms with E-state index in [0.29, 0.717) is 13.1 Å². The molecule has 0 saturated carbocycles. The lowest BCUT2D eigenvalue weighted by Crippen LogP contribution is -2.47. The largest absolute Gasteiger partial charge is 0.401 e. The van der Waals surface area contributed by atoms with E-state index in [1.807, 2.05) is 12.1 Å². The molecule has 0 bridgehead atoms. The van der Waals surface area contributed by atoms with Crippen LogP contribution in [0.5, 0.6) is 0 Å². The molecule has 0 fully saturated rings. The van der Waals surface area contributed by atoms with E-state index in [1.54, 1.807) is 6.92 Å².